The van der Waals surface area contributed by atoms with E-state index in [2.05, 4.69) is 34.6 Å². The maximum atomic E-state index is 12.8. The summed E-state index contributed by atoms with van der Waals surface area (Å²) in [5.41, 5.74) is 1.22. The van der Waals surface area contributed by atoms with Crippen LogP contribution in [-0.4, -0.2) is 39.0 Å². The molecule has 0 bridgehead atoms. The second kappa shape index (κ2) is 7.20. The van der Waals surface area contributed by atoms with Gasteiger partial charge < -0.3 is 15.6 Å². The van der Waals surface area contributed by atoms with Crippen LogP contribution in [0.25, 0.3) is 5.52 Å². The van der Waals surface area contributed by atoms with Crippen molar-refractivity contribution < 1.29 is 9.59 Å². The summed E-state index contributed by atoms with van der Waals surface area (Å²) in [4.78, 5) is 38.9. The molecule has 8 heteroatoms. The number of hydrogen-bond acceptors (Lipinski definition) is 4. The van der Waals surface area contributed by atoms with Crippen LogP contribution in [0.5, 0.6) is 0 Å². The standard InChI is InChI=1S/C21H23N5O3/c1-21(2)14(12-23-19(28)13-5-7-22-18(27)10-13)11-17(21)25-20(29)15-4-3-9-26-16(15)6-8-24-26/h3-10,14,17H,11-12H2,1-2H3,(H,22,27)(H,23,28)(H,25,29). The molecule has 3 N–H and O–H groups in total. The van der Waals surface area contributed by atoms with E-state index in [-0.39, 0.29) is 34.7 Å². The van der Waals surface area contributed by atoms with Crippen molar-refractivity contribution in [2.75, 3.05) is 6.54 Å². The third-order valence-electron chi connectivity index (χ3n) is 6.00. The van der Waals surface area contributed by atoms with Gasteiger partial charge in [-0.15, -0.1) is 0 Å². The molecule has 3 aromatic rings. The number of amides is 2. The molecule has 4 rings (SSSR count). The predicted octanol–water partition coefficient (Wildman–Crippen LogP) is 1.60. The number of fused-ring (bicyclic) bond motifs is 1. The topological polar surface area (TPSA) is 108 Å². The van der Waals surface area contributed by atoms with Gasteiger partial charge in [-0.2, -0.15) is 5.10 Å². The minimum Gasteiger partial charge on any atom is -0.352 e. The minimum atomic E-state index is -0.308. The molecule has 0 radical (unpaired) electrons. The van der Waals surface area contributed by atoms with Crippen LogP contribution < -0.4 is 16.2 Å². The fourth-order valence-corrected chi connectivity index (χ4v) is 3.89. The van der Waals surface area contributed by atoms with E-state index in [0.717, 1.165) is 11.9 Å². The maximum absolute atomic E-state index is 12.8. The molecule has 1 saturated carbocycles. The lowest BCUT2D eigenvalue weighted by Crippen LogP contribution is -2.60. The zero-order valence-electron chi connectivity index (χ0n) is 16.3. The van der Waals surface area contributed by atoms with Crippen molar-refractivity contribution in [1.82, 2.24) is 25.2 Å². The highest BCUT2D eigenvalue weighted by Crippen LogP contribution is 2.46. The van der Waals surface area contributed by atoms with E-state index < -0.39 is 0 Å². The fraction of sp³-hybridized carbons (Fsp3) is 0.333. The van der Waals surface area contributed by atoms with Gasteiger partial charge in [0, 0.05) is 36.6 Å². The molecule has 0 aliphatic heterocycles. The molecule has 0 spiro atoms. The molecule has 2 amide bonds. The highest BCUT2D eigenvalue weighted by atomic mass is 16.2. The highest BCUT2D eigenvalue weighted by Gasteiger charge is 2.48. The number of carbonyl (C=O) groups is 2. The number of aromatic amines is 1. The molecule has 29 heavy (non-hydrogen) atoms. The van der Waals surface area contributed by atoms with Gasteiger partial charge >= 0.3 is 0 Å². The van der Waals surface area contributed by atoms with Gasteiger partial charge in [0.1, 0.15) is 0 Å². The molecule has 2 unspecified atom stereocenters. The number of hydrogen-bond donors (Lipinski definition) is 3. The van der Waals surface area contributed by atoms with Crippen LogP contribution in [0, 0.1) is 11.3 Å². The summed E-state index contributed by atoms with van der Waals surface area (Å²) in [6.45, 7) is 4.67. The number of nitrogens with one attached hydrogen (secondary N) is 3. The summed E-state index contributed by atoms with van der Waals surface area (Å²) in [7, 11) is 0. The van der Waals surface area contributed by atoms with E-state index in [1.54, 1.807) is 35.1 Å². The van der Waals surface area contributed by atoms with Crippen molar-refractivity contribution in [2.24, 2.45) is 11.3 Å². The van der Waals surface area contributed by atoms with Gasteiger partial charge in [-0.1, -0.05) is 13.8 Å². The van der Waals surface area contributed by atoms with Gasteiger partial charge in [-0.25, -0.2) is 4.52 Å². The Hall–Kier alpha value is -3.42. The van der Waals surface area contributed by atoms with Crippen LogP contribution in [-0.2, 0) is 0 Å². The average Bonchev–Trinajstić information content (AvgIpc) is 3.18. The summed E-state index contributed by atoms with van der Waals surface area (Å²) in [5, 5.41) is 10.2. The quantitative estimate of drug-likeness (QED) is 0.612. The van der Waals surface area contributed by atoms with Crippen molar-refractivity contribution in [1.29, 1.82) is 0 Å². The Bertz CT molecular complexity index is 1130. The van der Waals surface area contributed by atoms with Gasteiger partial charge in [0.05, 0.1) is 17.3 Å². The Morgan fingerprint density at radius 2 is 2.10 bits per heavy atom. The molecular weight excluding hydrogens is 370 g/mol. The lowest BCUT2D eigenvalue weighted by Gasteiger charge is -2.52. The Morgan fingerprint density at radius 1 is 1.28 bits per heavy atom. The van der Waals surface area contributed by atoms with E-state index in [1.807, 2.05) is 6.07 Å². The molecule has 150 valence electrons. The molecule has 2 atom stereocenters. The fourth-order valence-electron chi connectivity index (χ4n) is 3.89. The number of carbonyl (C=O) groups excluding carboxylic acids is 2. The molecule has 1 aliphatic rings. The van der Waals surface area contributed by atoms with E-state index >= 15 is 0 Å². The van der Waals surface area contributed by atoms with Crippen LogP contribution in [0.15, 0.2) is 53.7 Å². The average molecular weight is 393 g/mol. The summed E-state index contributed by atoms with van der Waals surface area (Å²) in [5.74, 6) is -0.170. The van der Waals surface area contributed by atoms with Gasteiger partial charge in [0.15, 0.2) is 0 Å². The minimum absolute atomic E-state index is 0.0136. The van der Waals surface area contributed by atoms with E-state index in [1.165, 1.54) is 12.3 Å². The number of aromatic nitrogens is 3. The Morgan fingerprint density at radius 3 is 2.86 bits per heavy atom. The first kappa shape index (κ1) is 18.9. The maximum Gasteiger partial charge on any atom is 0.253 e. The number of pyridine rings is 2. The summed E-state index contributed by atoms with van der Waals surface area (Å²) >= 11 is 0. The van der Waals surface area contributed by atoms with Crippen LogP contribution in [0.2, 0.25) is 0 Å². The molecule has 1 aliphatic carbocycles. The van der Waals surface area contributed by atoms with E-state index in [4.69, 9.17) is 0 Å². The lowest BCUT2D eigenvalue weighted by molar-refractivity contribution is 0.0150. The van der Waals surface area contributed by atoms with Crippen molar-refractivity contribution >= 4 is 17.3 Å². The summed E-state index contributed by atoms with van der Waals surface area (Å²) in [6.07, 6.45) is 5.70. The third kappa shape index (κ3) is 3.53. The monoisotopic (exact) mass is 393 g/mol. The predicted molar refractivity (Wildman–Crippen MR) is 108 cm³/mol. The van der Waals surface area contributed by atoms with E-state index in [0.29, 0.717) is 17.7 Å². The second-order valence-electron chi connectivity index (χ2n) is 8.01. The summed E-state index contributed by atoms with van der Waals surface area (Å²) in [6, 6.07) is 8.27. The van der Waals surface area contributed by atoms with Crippen LogP contribution in [0.4, 0.5) is 0 Å². The second-order valence-corrected chi connectivity index (χ2v) is 8.01. The first-order valence-electron chi connectivity index (χ1n) is 9.56. The first-order valence-corrected chi connectivity index (χ1v) is 9.56. The van der Waals surface area contributed by atoms with Crippen molar-refractivity contribution in [3.63, 3.8) is 0 Å². The van der Waals surface area contributed by atoms with Gasteiger partial charge in [-0.3, -0.25) is 14.4 Å². The van der Waals surface area contributed by atoms with E-state index in [9.17, 15) is 14.4 Å². The molecule has 0 aromatic carbocycles. The molecular formula is C21H23N5O3. The molecule has 0 saturated heterocycles. The largest absolute Gasteiger partial charge is 0.352 e. The number of nitrogens with zero attached hydrogens (tertiary/aromatic N) is 2. The molecule has 3 heterocycles. The third-order valence-corrected chi connectivity index (χ3v) is 6.00. The van der Waals surface area contributed by atoms with Crippen LogP contribution >= 0.6 is 0 Å². The Balaban J connectivity index is 1.36. The van der Waals surface area contributed by atoms with Crippen molar-refractivity contribution in [2.45, 2.75) is 26.3 Å². The van der Waals surface area contributed by atoms with Gasteiger partial charge in [0.2, 0.25) is 5.56 Å². The highest BCUT2D eigenvalue weighted by molar-refractivity contribution is 6.00. The van der Waals surface area contributed by atoms with Gasteiger partial charge in [-0.05, 0) is 42.0 Å². The summed E-state index contributed by atoms with van der Waals surface area (Å²) < 4.78 is 1.67. The number of rotatable bonds is 5. The zero-order valence-corrected chi connectivity index (χ0v) is 16.3. The van der Waals surface area contributed by atoms with Crippen LogP contribution in [0.3, 0.4) is 0 Å². The smallest absolute Gasteiger partial charge is 0.253 e. The zero-order chi connectivity index (χ0) is 20.6. The Kier molecular flexibility index (Phi) is 4.70. The van der Waals surface area contributed by atoms with Crippen LogP contribution in [0.1, 0.15) is 41.0 Å². The molecule has 1 fully saturated rings. The first-order chi connectivity index (χ1) is 13.9. The molecule has 8 nitrogen and oxygen atoms in total. The van der Waals surface area contributed by atoms with Gasteiger partial charge in [0.25, 0.3) is 11.8 Å². The van der Waals surface area contributed by atoms with Crippen molar-refractivity contribution in [3.8, 4) is 0 Å². The SMILES string of the molecule is CC1(C)C(CNC(=O)c2cc[nH]c(=O)c2)CC1NC(=O)c1cccn2nccc12. The normalized spacial score (nSPS) is 20.1. The molecule has 3 aromatic heterocycles. The lowest BCUT2D eigenvalue weighted by atomic mass is 9.58. The number of H-pyrrole nitrogens is 1. The Labute approximate surface area is 167 Å². The van der Waals surface area contributed by atoms with Crippen molar-refractivity contribution in [3.05, 3.63) is 70.4 Å².